The Labute approximate surface area is 188 Å². The molecule has 168 valence electrons. The summed E-state index contributed by atoms with van der Waals surface area (Å²) in [5, 5.41) is 7.77. The van der Waals surface area contributed by atoms with E-state index in [2.05, 4.69) is 10.4 Å². The zero-order chi connectivity index (χ0) is 23.3. The number of benzene rings is 2. The van der Waals surface area contributed by atoms with Crippen molar-refractivity contribution in [2.24, 2.45) is 0 Å². The Hall–Kier alpha value is -3.81. The van der Waals surface area contributed by atoms with Crippen LogP contribution in [0, 0.1) is 18.6 Å². The molecule has 4 aromatic rings. The number of pyridine rings is 1. The highest BCUT2D eigenvalue weighted by molar-refractivity contribution is 5.96. The van der Waals surface area contributed by atoms with Crippen molar-refractivity contribution < 1.29 is 13.6 Å². The van der Waals surface area contributed by atoms with E-state index in [-0.39, 0.29) is 39.9 Å². The fraction of sp³-hybridized carbons (Fsp3) is 0.240. The second kappa shape index (κ2) is 7.95. The van der Waals surface area contributed by atoms with Gasteiger partial charge in [-0.05, 0) is 68.1 Å². The van der Waals surface area contributed by atoms with Gasteiger partial charge >= 0.3 is 0 Å². The van der Waals surface area contributed by atoms with Crippen LogP contribution in [0.5, 0.6) is 0 Å². The van der Waals surface area contributed by atoms with Gasteiger partial charge in [0.2, 0.25) is 0 Å². The number of nitrogens with one attached hydrogen (secondary N) is 1. The van der Waals surface area contributed by atoms with Gasteiger partial charge in [-0.1, -0.05) is 12.1 Å². The quantitative estimate of drug-likeness (QED) is 0.494. The van der Waals surface area contributed by atoms with E-state index in [1.54, 1.807) is 50.4 Å². The van der Waals surface area contributed by atoms with Crippen LogP contribution in [0.4, 0.5) is 8.78 Å². The molecule has 0 saturated heterocycles. The Morgan fingerprint density at radius 1 is 1.12 bits per heavy atom. The van der Waals surface area contributed by atoms with Crippen molar-refractivity contribution in [2.45, 2.75) is 39.3 Å². The molecule has 0 spiro atoms. The van der Waals surface area contributed by atoms with Crippen LogP contribution in [0.25, 0.3) is 27.8 Å². The van der Waals surface area contributed by atoms with Gasteiger partial charge in [0, 0.05) is 29.1 Å². The highest BCUT2D eigenvalue weighted by atomic mass is 19.1. The first kappa shape index (κ1) is 21.1. The molecule has 0 atom stereocenters. The summed E-state index contributed by atoms with van der Waals surface area (Å²) >= 11 is 0. The molecular weight excluding hydrogens is 426 g/mol. The first-order valence-corrected chi connectivity index (χ1v) is 10.9. The highest BCUT2D eigenvalue weighted by Gasteiger charge is 2.25. The Morgan fingerprint density at radius 2 is 1.88 bits per heavy atom. The number of para-hydroxylation sites is 1. The predicted molar refractivity (Wildman–Crippen MR) is 122 cm³/mol. The molecule has 5 rings (SSSR count). The van der Waals surface area contributed by atoms with E-state index in [1.807, 2.05) is 0 Å². The van der Waals surface area contributed by atoms with E-state index in [4.69, 9.17) is 0 Å². The van der Waals surface area contributed by atoms with Gasteiger partial charge in [0.05, 0.1) is 6.20 Å². The number of nitrogens with zero attached hydrogens (tertiary/aromatic N) is 3. The molecule has 0 aliphatic heterocycles. The predicted octanol–water partition coefficient (Wildman–Crippen LogP) is 4.35. The summed E-state index contributed by atoms with van der Waals surface area (Å²) < 4.78 is 32.1. The largest absolute Gasteiger partial charge is 0.349 e. The summed E-state index contributed by atoms with van der Waals surface area (Å²) in [6, 6.07) is 10.7. The molecule has 8 heteroatoms. The van der Waals surface area contributed by atoms with Gasteiger partial charge in [-0.25, -0.2) is 13.5 Å². The smallest absolute Gasteiger partial charge is 0.260 e. The van der Waals surface area contributed by atoms with E-state index in [9.17, 15) is 18.4 Å². The van der Waals surface area contributed by atoms with Crippen molar-refractivity contribution in [3.05, 3.63) is 81.8 Å². The van der Waals surface area contributed by atoms with Crippen LogP contribution >= 0.6 is 0 Å². The molecular formula is C25H22F2N4O2. The summed E-state index contributed by atoms with van der Waals surface area (Å²) in [6.45, 7) is 3.68. The maximum Gasteiger partial charge on any atom is 0.260 e. The lowest BCUT2D eigenvalue weighted by molar-refractivity contribution is 0.0950. The molecule has 1 aliphatic rings. The number of rotatable bonds is 5. The van der Waals surface area contributed by atoms with E-state index in [0.29, 0.717) is 23.1 Å². The molecule has 0 unspecified atom stereocenters. The third-order valence-electron chi connectivity index (χ3n) is 6.01. The summed E-state index contributed by atoms with van der Waals surface area (Å²) in [5.41, 5.74) is 1.35. The van der Waals surface area contributed by atoms with Crippen molar-refractivity contribution in [1.29, 1.82) is 0 Å². The molecule has 33 heavy (non-hydrogen) atoms. The van der Waals surface area contributed by atoms with Gasteiger partial charge < -0.3 is 5.32 Å². The van der Waals surface area contributed by atoms with E-state index in [0.717, 1.165) is 12.8 Å². The minimum absolute atomic E-state index is 0.128. The molecule has 6 nitrogen and oxygen atoms in total. The number of fused-ring (bicyclic) bond motifs is 1. The van der Waals surface area contributed by atoms with Crippen molar-refractivity contribution in [2.75, 3.05) is 0 Å². The number of carbonyl (C=O) groups excluding carboxylic acids is 1. The summed E-state index contributed by atoms with van der Waals surface area (Å²) in [4.78, 5) is 26.1. The molecule has 1 saturated carbocycles. The molecule has 1 aliphatic carbocycles. The second-order valence-corrected chi connectivity index (χ2v) is 8.27. The summed E-state index contributed by atoms with van der Waals surface area (Å²) in [7, 11) is 0. The average Bonchev–Trinajstić information content (AvgIpc) is 3.52. The van der Waals surface area contributed by atoms with Crippen LogP contribution in [-0.4, -0.2) is 26.3 Å². The monoisotopic (exact) mass is 448 g/mol. The first-order valence-electron chi connectivity index (χ1n) is 10.9. The molecule has 2 heterocycles. The Kier molecular flexibility index (Phi) is 5.08. The maximum atomic E-state index is 14.8. The van der Waals surface area contributed by atoms with Crippen molar-refractivity contribution in [3.8, 4) is 16.8 Å². The number of hydrogen-bond donors (Lipinski definition) is 1. The van der Waals surface area contributed by atoms with Crippen LogP contribution in [0.2, 0.25) is 0 Å². The average molecular weight is 448 g/mol. The standard InChI is InChI=1S/C25H22F2N4O2/c1-3-30-24-16(13-28-31(24)22-7-5-4-6-20(22)26)11-19(25(30)33)18-10-15(12-21(27)14(18)2)23(32)29-17-8-9-17/h4-7,10-13,17H,3,8-9H2,1-2H3,(H,29,32). The number of amides is 1. The molecule has 1 amide bonds. The lowest BCUT2D eigenvalue weighted by Gasteiger charge is -2.14. The molecule has 1 N–H and O–H groups in total. The minimum Gasteiger partial charge on any atom is -0.349 e. The van der Waals surface area contributed by atoms with Crippen LogP contribution < -0.4 is 10.9 Å². The number of carbonyl (C=O) groups is 1. The Bertz CT molecular complexity index is 1470. The molecule has 2 aromatic carbocycles. The number of aryl methyl sites for hydroxylation is 1. The number of hydrogen-bond acceptors (Lipinski definition) is 3. The van der Waals surface area contributed by atoms with Gasteiger partial charge in [0.25, 0.3) is 11.5 Å². The fourth-order valence-electron chi connectivity index (χ4n) is 4.06. The normalized spacial score (nSPS) is 13.5. The maximum absolute atomic E-state index is 14.8. The van der Waals surface area contributed by atoms with Crippen molar-refractivity contribution in [3.63, 3.8) is 0 Å². The van der Waals surface area contributed by atoms with Crippen LogP contribution in [-0.2, 0) is 6.54 Å². The summed E-state index contributed by atoms with van der Waals surface area (Å²) in [6.07, 6.45) is 3.37. The zero-order valence-corrected chi connectivity index (χ0v) is 18.2. The van der Waals surface area contributed by atoms with Gasteiger partial charge in [-0.15, -0.1) is 0 Å². The topological polar surface area (TPSA) is 68.9 Å². The lowest BCUT2D eigenvalue weighted by atomic mass is 9.97. The molecule has 0 radical (unpaired) electrons. The van der Waals surface area contributed by atoms with E-state index in [1.165, 1.54) is 21.4 Å². The third kappa shape index (κ3) is 3.61. The van der Waals surface area contributed by atoms with Gasteiger partial charge in [0.15, 0.2) is 0 Å². The van der Waals surface area contributed by atoms with E-state index >= 15 is 0 Å². The van der Waals surface area contributed by atoms with Gasteiger partial charge in [-0.3, -0.25) is 14.2 Å². The first-order chi connectivity index (χ1) is 15.9. The SMILES string of the molecule is CCn1c(=O)c(-c2cc(C(=O)NC3CC3)cc(F)c2C)cc2cnn(-c3ccccc3F)c21. The Balaban J connectivity index is 1.71. The Morgan fingerprint density at radius 3 is 2.58 bits per heavy atom. The summed E-state index contributed by atoms with van der Waals surface area (Å²) in [5.74, 6) is -1.38. The second-order valence-electron chi connectivity index (χ2n) is 8.27. The van der Waals surface area contributed by atoms with Crippen LogP contribution in [0.1, 0.15) is 35.7 Å². The fourth-order valence-corrected chi connectivity index (χ4v) is 4.06. The van der Waals surface area contributed by atoms with Gasteiger partial charge in [0.1, 0.15) is 23.0 Å². The van der Waals surface area contributed by atoms with Crippen LogP contribution in [0.3, 0.4) is 0 Å². The molecule has 0 bridgehead atoms. The molecule has 2 aromatic heterocycles. The molecule has 1 fully saturated rings. The van der Waals surface area contributed by atoms with E-state index < -0.39 is 11.6 Å². The zero-order valence-electron chi connectivity index (χ0n) is 18.2. The minimum atomic E-state index is -0.557. The van der Waals surface area contributed by atoms with Gasteiger partial charge in [-0.2, -0.15) is 5.10 Å². The lowest BCUT2D eigenvalue weighted by Crippen LogP contribution is -2.26. The van der Waals surface area contributed by atoms with Crippen LogP contribution in [0.15, 0.2) is 53.5 Å². The number of halogens is 2. The third-order valence-corrected chi connectivity index (χ3v) is 6.01. The van der Waals surface area contributed by atoms with Crippen molar-refractivity contribution >= 4 is 16.9 Å². The highest BCUT2D eigenvalue weighted by Crippen LogP contribution is 2.29. The number of aromatic nitrogens is 3. The van der Waals surface area contributed by atoms with Crippen molar-refractivity contribution in [1.82, 2.24) is 19.7 Å².